The summed E-state index contributed by atoms with van der Waals surface area (Å²) in [6.07, 6.45) is 1.88. The number of H-pyrrole nitrogens is 1. The van der Waals surface area contributed by atoms with E-state index in [1.807, 2.05) is 6.20 Å². The molecule has 17 heavy (non-hydrogen) atoms. The van der Waals surface area contributed by atoms with Crippen molar-refractivity contribution in [3.8, 4) is 0 Å². The number of hydrogen-bond acceptors (Lipinski definition) is 2. The summed E-state index contributed by atoms with van der Waals surface area (Å²) in [7, 11) is 0. The first-order chi connectivity index (χ1) is 8.25. The van der Waals surface area contributed by atoms with E-state index in [2.05, 4.69) is 34.6 Å². The molecule has 4 heteroatoms. The first-order valence-electron chi connectivity index (χ1n) is 6.04. The SMILES string of the molecule is Cc1cc2cn[nH]c2cc1C1CCNCC1F. The highest BCUT2D eigenvalue weighted by molar-refractivity contribution is 5.79. The fourth-order valence-electron chi connectivity index (χ4n) is 2.69. The Bertz CT molecular complexity index is 534. The second-order valence-electron chi connectivity index (χ2n) is 4.78. The van der Waals surface area contributed by atoms with Gasteiger partial charge in [-0.2, -0.15) is 5.10 Å². The Balaban J connectivity index is 2.05. The van der Waals surface area contributed by atoms with Crippen LogP contribution in [-0.4, -0.2) is 29.5 Å². The predicted octanol–water partition coefficient (Wildman–Crippen LogP) is 2.29. The van der Waals surface area contributed by atoms with Crippen molar-refractivity contribution in [1.29, 1.82) is 0 Å². The summed E-state index contributed by atoms with van der Waals surface area (Å²) in [5, 5.41) is 11.2. The molecule has 1 saturated heterocycles. The van der Waals surface area contributed by atoms with Gasteiger partial charge in [0.05, 0.1) is 11.7 Å². The molecule has 3 rings (SSSR count). The molecule has 1 fully saturated rings. The number of halogens is 1. The van der Waals surface area contributed by atoms with Gasteiger partial charge in [0, 0.05) is 17.8 Å². The van der Waals surface area contributed by atoms with Crippen LogP contribution in [-0.2, 0) is 0 Å². The molecule has 0 aliphatic carbocycles. The summed E-state index contributed by atoms with van der Waals surface area (Å²) in [6, 6.07) is 4.14. The molecule has 0 saturated carbocycles. The second kappa shape index (κ2) is 4.11. The summed E-state index contributed by atoms with van der Waals surface area (Å²) < 4.78 is 14.0. The van der Waals surface area contributed by atoms with E-state index < -0.39 is 6.17 Å². The summed E-state index contributed by atoms with van der Waals surface area (Å²) in [4.78, 5) is 0. The normalized spacial score (nSPS) is 25.3. The zero-order chi connectivity index (χ0) is 11.8. The van der Waals surface area contributed by atoms with Crippen LogP contribution in [0.15, 0.2) is 18.3 Å². The molecule has 2 N–H and O–H groups in total. The maximum absolute atomic E-state index is 14.0. The van der Waals surface area contributed by atoms with Crippen molar-refractivity contribution in [3.63, 3.8) is 0 Å². The molecule has 2 unspecified atom stereocenters. The molecule has 3 nitrogen and oxygen atoms in total. The summed E-state index contributed by atoms with van der Waals surface area (Å²) in [6.45, 7) is 3.41. The van der Waals surface area contributed by atoms with Gasteiger partial charge in [-0.1, -0.05) is 0 Å². The molecule has 90 valence electrons. The van der Waals surface area contributed by atoms with E-state index in [-0.39, 0.29) is 5.92 Å². The fraction of sp³-hybridized carbons (Fsp3) is 0.462. The Hall–Kier alpha value is -1.42. The molecule has 1 aliphatic rings. The number of alkyl halides is 1. The fourth-order valence-corrected chi connectivity index (χ4v) is 2.69. The highest BCUT2D eigenvalue weighted by Crippen LogP contribution is 2.32. The van der Waals surface area contributed by atoms with Crippen LogP contribution in [0.1, 0.15) is 23.5 Å². The van der Waals surface area contributed by atoms with E-state index in [1.54, 1.807) is 0 Å². The van der Waals surface area contributed by atoms with Crippen LogP contribution < -0.4 is 5.32 Å². The lowest BCUT2D eigenvalue weighted by Crippen LogP contribution is -2.36. The van der Waals surface area contributed by atoms with E-state index in [0.717, 1.165) is 35.0 Å². The van der Waals surface area contributed by atoms with Crippen LogP contribution in [0.5, 0.6) is 0 Å². The number of rotatable bonds is 1. The van der Waals surface area contributed by atoms with E-state index >= 15 is 0 Å². The number of aryl methyl sites for hydroxylation is 1. The number of nitrogens with one attached hydrogen (secondary N) is 2. The Morgan fingerprint density at radius 1 is 1.41 bits per heavy atom. The first kappa shape index (κ1) is 10.7. The molecule has 0 amide bonds. The van der Waals surface area contributed by atoms with Crippen LogP contribution in [0.25, 0.3) is 10.9 Å². The van der Waals surface area contributed by atoms with Gasteiger partial charge in [0.15, 0.2) is 0 Å². The van der Waals surface area contributed by atoms with Crippen molar-refractivity contribution >= 4 is 10.9 Å². The standard InChI is InChI=1S/C13H16FN3/c1-8-4-9-6-16-17-13(9)5-11(8)10-2-3-15-7-12(10)14/h4-6,10,12,15H,2-3,7H2,1H3,(H,16,17). The molecule has 1 aromatic carbocycles. The average molecular weight is 233 g/mol. The number of aromatic amines is 1. The zero-order valence-corrected chi connectivity index (χ0v) is 9.83. The summed E-state index contributed by atoms with van der Waals surface area (Å²) >= 11 is 0. The summed E-state index contributed by atoms with van der Waals surface area (Å²) in [5.74, 6) is 0.0175. The maximum Gasteiger partial charge on any atom is 0.119 e. The predicted molar refractivity (Wildman–Crippen MR) is 66.0 cm³/mol. The van der Waals surface area contributed by atoms with Crippen molar-refractivity contribution in [3.05, 3.63) is 29.5 Å². The van der Waals surface area contributed by atoms with Gasteiger partial charge in [-0.15, -0.1) is 0 Å². The number of benzene rings is 1. The van der Waals surface area contributed by atoms with Gasteiger partial charge in [-0.25, -0.2) is 4.39 Å². The molecule has 2 heterocycles. The summed E-state index contributed by atoms with van der Waals surface area (Å²) in [5.41, 5.74) is 3.28. The molecular weight excluding hydrogens is 217 g/mol. The quantitative estimate of drug-likeness (QED) is 0.793. The average Bonchev–Trinajstić information content (AvgIpc) is 2.76. The molecule has 2 atom stereocenters. The highest BCUT2D eigenvalue weighted by atomic mass is 19.1. The maximum atomic E-state index is 14.0. The Morgan fingerprint density at radius 2 is 2.29 bits per heavy atom. The van der Waals surface area contributed by atoms with Crippen molar-refractivity contribution in [2.75, 3.05) is 13.1 Å². The minimum absolute atomic E-state index is 0.0175. The van der Waals surface area contributed by atoms with Crippen LogP contribution in [0.2, 0.25) is 0 Å². The van der Waals surface area contributed by atoms with Crippen molar-refractivity contribution in [2.45, 2.75) is 25.4 Å². The van der Waals surface area contributed by atoms with Crippen molar-refractivity contribution in [1.82, 2.24) is 15.5 Å². The third kappa shape index (κ3) is 1.82. The molecule has 0 spiro atoms. The first-order valence-corrected chi connectivity index (χ1v) is 6.04. The van der Waals surface area contributed by atoms with Crippen LogP contribution in [0.4, 0.5) is 4.39 Å². The zero-order valence-electron chi connectivity index (χ0n) is 9.83. The minimum atomic E-state index is -0.789. The molecular formula is C13H16FN3. The van der Waals surface area contributed by atoms with Gasteiger partial charge in [0.25, 0.3) is 0 Å². The van der Waals surface area contributed by atoms with Gasteiger partial charge < -0.3 is 5.32 Å². The topological polar surface area (TPSA) is 40.7 Å². The Labute approximate surface area is 99.4 Å². The molecule has 2 aromatic rings. The van der Waals surface area contributed by atoms with E-state index in [9.17, 15) is 4.39 Å². The number of hydrogen-bond donors (Lipinski definition) is 2. The number of fused-ring (bicyclic) bond motifs is 1. The third-order valence-electron chi connectivity index (χ3n) is 3.63. The van der Waals surface area contributed by atoms with Gasteiger partial charge in [-0.05, 0) is 43.1 Å². The number of aromatic nitrogens is 2. The molecule has 0 bridgehead atoms. The number of nitrogens with zero attached hydrogens (tertiary/aromatic N) is 1. The van der Waals surface area contributed by atoms with Crippen molar-refractivity contribution < 1.29 is 4.39 Å². The lowest BCUT2D eigenvalue weighted by atomic mass is 9.85. The molecule has 1 aliphatic heterocycles. The third-order valence-corrected chi connectivity index (χ3v) is 3.63. The monoisotopic (exact) mass is 233 g/mol. The van der Waals surface area contributed by atoms with Crippen LogP contribution in [0, 0.1) is 6.92 Å². The van der Waals surface area contributed by atoms with Gasteiger partial charge in [0.1, 0.15) is 6.17 Å². The van der Waals surface area contributed by atoms with E-state index in [1.165, 1.54) is 0 Å². The van der Waals surface area contributed by atoms with Crippen molar-refractivity contribution in [2.24, 2.45) is 0 Å². The highest BCUT2D eigenvalue weighted by Gasteiger charge is 2.27. The van der Waals surface area contributed by atoms with E-state index in [0.29, 0.717) is 6.54 Å². The lowest BCUT2D eigenvalue weighted by molar-refractivity contribution is 0.231. The largest absolute Gasteiger partial charge is 0.314 e. The minimum Gasteiger partial charge on any atom is -0.314 e. The van der Waals surface area contributed by atoms with Crippen LogP contribution in [0.3, 0.4) is 0 Å². The lowest BCUT2D eigenvalue weighted by Gasteiger charge is -2.28. The Kier molecular flexibility index (Phi) is 2.59. The second-order valence-corrected chi connectivity index (χ2v) is 4.78. The number of piperidine rings is 1. The van der Waals surface area contributed by atoms with E-state index in [4.69, 9.17) is 0 Å². The molecule has 1 aromatic heterocycles. The van der Waals surface area contributed by atoms with Crippen LogP contribution >= 0.6 is 0 Å². The van der Waals surface area contributed by atoms with Gasteiger partial charge in [-0.3, -0.25) is 5.10 Å². The van der Waals surface area contributed by atoms with Gasteiger partial charge >= 0.3 is 0 Å². The smallest absolute Gasteiger partial charge is 0.119 e. The Morgan fingerprint density at radius 3 is 3.12 bits per heavy atom. The molecule has 0 radical (unpaired) electrons. The van der Waals surface area contributed by atoms with Gasteiger partial charge in [0.2, 0.25) is 0 Å².